The first-order chi connectivity index (χ1) is 10.7. The molecule has 4 nitrogen and oxygen atoms in total. The van der Waals surface area contributed by atoms with Crippen LogP contribution in [0.3, 0.4) is 0 Å². The Morgan fingerprint density at radius 3 is 2.91 bits per heavy atom. The molecule has 1 amide bonds. The number of ether oxygens (including phenoxy) is 1. The predicted octanol–water partition coefficient (Wildman–Crippen LogP) is 4.79. The zero-order valence-electron chi connectivity index (χ0n) is 11.5. The van der Waals surface area contributed by atoms with Crippen LogP contribution in [0.5, 0.6) is 5.75 Å². The standard InChI is InChI=1S/C15H11ClN2O2S2/c1-20-10-4-2-3-9(7-10)11-8-21-15(17-11)18-14(19)12-5-6-13(16)22-12/h2-8H,1H3,(H,17,18,19). The first-order valence-corrected chi connectivity index (χ1v) is 8.40. The summed E-state index contributed by atoms with van der Waals surface area (Å²) < 4.78 is 5.79. The molecular weight excluding hydrogens is 340 g/mol. The number of hydrogen-bond donors (Lipinski definition) is 1. The molecule has 22 heavy (non-hydrogen) atoms. The van der Waals surface area contributed by atoms with Crippen molar-refractivity contribution >= 4 is 45.3 Å². The molecule has 2 aromatic heterocycles. The summed E-state index contributed by atoms with van der Waals surface area (Å²) >= 11 is 8.45. The third kappa shape index (κ3) is 3.30. The molecule has 0 aliphatic heterocycles. The van der Waals surface area contributed by atoms with Crippen LogP contribution in [0.25, 0.3) is 11.3 Å². The molecule has 2 heterocycles. The van der Waals surface area contributed by atoms with Gasteiger partial charge in [-0.25, -0.2) is 4.98 Å². The monoisotopic (exact) mass is 350 g/mol. The summed E-state index contributed by atoms with van der Waals surface area (Å²) in [6.07, 6.45) is 0. The molecule has 0 bridgehead atoms. The van der Waals surface area contributed by atoms with E-state index < -0.39 is 0 Å². The van der Waals surface area contributed by atoms with Gasteiger partial charge in [0.05, 0.1) is 22.0 Å². The fourth-order valence-electron chi connectivity index (χ4n) is 1.84. The molecular formula is C15H11ClN2O2S2. The highest BCUT2D eigenvalue weighted by molar-refractivity contribution is 7.18. The Morgan fingerprint density at radius 1 is 1.32 bits per heavy atom. The lowest BCUT2D eigenvalue weighted by atomic mass is 10.2. The minimum absolute atomic E-state index is 0.205. The van der Waals surface area contributed by atoms with E-state index in [0.717, 1.165) is 17.0 Å². The van der Waals surface area contributed by atoms with Gasteiger partial charge < -0.3 is 4.74 Å². The number of hydrogen-bond acceptors (Lipinski definition) is 5. The topological polar surface area (TPSA) is 51.2 Å². The maximum atomic E-state index is 12.1. The number of benzene rings is 1. The third-order valence-corrected chi connectivity index (χ3v) is 4.87. The molecule has 3 aromatic rings. The van der Waals surface area contributed by atoms with Gasteiger partial charge in [0.25, 0.3) is 5.91 Å². The van der Waals surface area contributed by atoms with Crippen LogP contribution >= 0.6 is 34.3 Å². The summed E-state index contributed by atoms with van der Waals surface area (Å²) in [6, 6.07) is 11.0. The molecule has 112 valence electrons. The highest BCUT2D eigenvalue weighted by Crippen LogP contribution is 2.28. The van der Waals surface area contributed by atoms with Gasteiger partial charge in [-0.2, -0.15) is 0 Å². The Bertz CT molecular complexity index is 813. The van der Waals surface area contributed by atoms with Gasteiger partial charge in [-0.3, -0.25) is 10.1 Å². The number of carbonyl (C=O) groups is 1. The number of halogens is 1. The second-order valence-corrected chi connectivity index (χ2v) is 6.90. The molecule has 0 saturated heterocycles. The van der Waals surface area contributed by atoms with Crippen molar-refractivity contribution in [3.63, 3.8) is 0 Å². The molecule has 0 radical (unpaired) electrons. The molecule has 0 spiro atoms. The fraction of sp³-hybridized carbons (Fsp3) is 0.0667. The Balaban J connectivity index is 1.77. The van der Waals surface area contributed by atoms with Crippen LogP contribution in [0, 0.1) is 0 Å². The maximum Gasteiger partial charge on any atom is 0.267 e. The number of thiazole rings is 1. The van der Waals surface area contributed by atoms with E-state index in [9.17, 15) is 4.79 Å². The Morgan fingerprint density at radius 2 is 2.18 bits per heavy atom. The van der Waals surface area contributed by atoms with E-state index in [0.29, 0.717) is 14.3 Å². The van der Waals surface area contributed by atoms with E-state index in [-0.39, 0.29) is 5.91 Å². The van der Waals surface area contributed by atoms with E-state index in [4.69, 9.17) is 16.3 Å². The van der Waals surface area contributed by atoms with Crippen molar-refractivity contribution in [1.29, 1.82) is 0 Å². The average molecular weight is 351 g/mol. The molecule has 0 aliphatic rings. The summed E-state index contributed by atoms with van der Waals surface area (Å²) in [5.74, 6) is 0.563. The lowest BCUT2D eigenvalue weighted by Crippen LogP contribution is -2.09. The molecule has 0 saturated carbocycles. The first kappa shape index (κ1) is 15.0. The number of nitrogens with zero attached hydrogens (tertiary/aromatic N) is 1. The van der Waals surface area contributed by atoms with Crippen LogP contribution in [0.1, 0.15) is 9.67 Å². The number of thiophene rings is 1. The molecule has 7 heteroatoms. The second kappa shape index (κ2) is 6.48. The van der Waals surface area contributed by atoms with Crippen LogP contribution < -0.4 is 10.1 Å². The maximum absolute atomic E-state index is 12.1. The van der Waals surface area contributed by atoms with E-state index in [1.54, 1.807) is 19.2 Å². The van der Waals surface area contributed by atoms with Crippen LogP contribution in [-0.4, -0.2) is 18.0 Å². The van der Waals surface area contributed by atoms with Crippen molar-refractivity contribution in [2.24, 2.45) is 0 Å². The number of methoxy groups -OCH3 is 1. The van der Waals surface area contributed by atoms with Crippen molar-refractivity contribution in [1.82, 2.24) is 4.98 Å². The highest BCUT2D eigenvalue weighted by atomic mass is 35.5. The molecule has 0 aliphatic carbocycles. The van der Waals surface area contributed by atoms with Gasteiger partial charge in [0.15, 0.2) is 5.13 Å². The smallest absolute Gasteiger partial charge is 0.267 e. The molecule has 1 aromatic carbocycles. The number of nitrogens with one attached hydrogen (secondary N) is 1. The summed E-state index contributed by atoms with van der Waals surface area (Å²) in [7, 11) is 1.62. The number of carbonyl (C=O) groups excluding carboxylic acids is 1. The first-order valence-electron chi connectivity index (χ1n) is 6.32. The van der Waals surface area contributed by atoms with Gasteiger partial charge in [0.1, 0.15) is 5.75 Å². The lowest BCUT2D eigenvalue weighted by molar-refractivity contribution is 0.103. The van der Waals surface area contributed by atoms with Gasteiger partial charge in [0, 0.05) is 10.9 Å². The van der Waals surface area contributed by atoms with Crippen LogP contribution in [0.15, 0.2) is 41.8 Å². The normalized spacial score (nSPS) is 10.5. The minimum atomic E-state index is -0.205. The van der Waals surface area contributed by atoms with Gasteiger partial charge in [0.2, 0.25) is 0 Å². The van der Waals surface area contributed by atoms with Gasteiger partial charge in [-0.15, -0.1) is 22.7 Å². The van der Waals surface area contributed by atoms with Crippen LogP contribution in [0.4, 0.5) is 5.13 Å². The van der Waals surface area contributed by atoms with Crippen molar-refractivity contribution in [2.45, 2.75) is 0 Å². The summed E-state index contributed by atoms with van der Waals surface area (Å²) in [6.45, 7) is 0. The van der Waals surface area contributed by atoms with Gasteiger partial charge in [-0.1, -0.05) is 23.7 Å². The fourth-order valence-corrected chi connectivity index (χ4v) is 3.49. The SMILES string of the molecule is COc1cccc(-c2csc(NC(=O)c3ccc(Cl)s3)n2)c1. The molecule has 3 rings (SSSR count). The molecule has 0 unspecified atom stereocenters. The van der Waals surface area contributed by atoms with Crippen molar-refractivity contribution in [3.05, 3.63) is 51.0 Å². The van der Waals surface area contributed by atoms with E-state index in [2.05, 4.69) is 10.3 Å². The third-order valence-electron chi connectivity index (χ3n) is 2.89. The quantitative estimate of drug-likeness (QED) is 0.736. The van der Waals surface area contributed by atoms with E-state index in [1.165, 1.54) is 22.7 Å². The Labute approximate surface area is 140 Å². The van der Waals surface area contributed by atoms with Crippen molar-refractivity contribution in [2.75, 3.05) is 12.4 Å². The lowest BCUT2D eigenvalue weighted by Gasteiger charge is -2.01. The zero-order valence-corrected chi connectivity index (χ0v) is 13.9. The molecule has 0 fully saturated rings. The molecule has 1 N–H and O–H groups in total. The minimum Gasteiger partial charge on any atom is -0.497 e. The summed E-state index contributed by atoms with van der Waals surface area (Å²) in [5, 5.41) is 5.22. The highest BCUT2D eigenvalue weighted by Gasteiger charge is 2.12. The van der Waals surface area contributed by atoms with Crippen molar-refractivity contribution in [3.8, 4) is 17.0 Å². The predicted molar refractivity (Wildman–Crippen MR) is 91.4 cm³/mol. The zero-order chi connectivity index (χ0) is 15.5. The Kier molecular flexibility index (Phi) is 4.42. The number of amides is 1. The second-order valence-electron chi connectivity index (χ2n) is 4.33. The number of anilines is 1. The molecule has 0 atom stereocenters. The largest absolute Gasteiger partial charge is 0.497 e. The van der Waals surface area contributed by atoms with Gasteiger partial charge in [-0.05, 0) is 24.3 Å². The number of rotatable bonds is 4. The summed E-state index contributed by atoms with van der Waals surface area (Å²) in [4.78, 5) is 17.1. The number of aromatic nitrogens is 1. The summed E-state index contributed by atoms with van der Waals surface area (Å²) in [5.41, 5.74) is 1.73. The van der Waals surface area contributed by atoms with Gasteiger partial charge >= 0.3 is 0 Å². The Hall–Kier alpha value is -1.89. The van der Waals surface area contributed by atoms with Crippen molar-refractivity contribution < 1.29 is 9.53 Å². The van der Waals surface area contributed by atoms with E-state index in [1.807, 2.05) is 29.6 Å². The van der Waals surface area contributed by atoms with E-state index >= 15 is 0 Å². The van der Waals surface area contributed by atoms with Crippen LogP contribution in [0.2, 0.25) is 4.34 Å². The average Bonchev–Trinajstić information content (AvgIpc) is 3.16. The van der Waals surface area contributed by atoms with Crippen LogP contribution in [-0.2, 0) is 0 Å².